The Morgan fingerprint density at radius 2 is 1.50 bits per heavy atom. The summed E-state index contributed by atoms with van der Waals surface area (Å²) in [6, 6.07) is 36.4. The van der Waals surface area contributed by atoms with Gasteiger partial charge in [0.1, 0.15) is 11.5 Å². The number of amides is 1. The smallest absolute Gasteiger partial charge is 0.271 e. The maximum atomic E-state index is 12.6. The van der Waals surface area contributed by atoms with Crippen LogP contribution < -0.4 is 10.2 Å². The van der Waals surface area contributed by atoms with Gasteiger partial charge in [0.2, 0.25) is 0 Å². The van der Waals surface area contributed by atoms with Crippen LogP contribution in [0.15, 0.2) is 120 Å². The van der Waals surface area contributed by atoms with Crippen molar-refractivity contribution >= 4 is 12.1 Å². The van der Waals surface area contributed by atoms with E-state index < -0.39 is 0 Å². The fourth-order valence-electron chi connectivity index (χ4n) is 4.31. The molecule has 38 heavy (non-hydrogen) atoms. The van der Waals surface area contributed by atoms with Gasteiger partial charge in [-0.25, -0.2) is 5.43 Å². The first-order valence-corrected chi connectivity index (χ1v) is 12.4. The molecule has 0 spiro atoms. The summed E-state index contributed by atoms with van der Waals surface area (Å²) < 4.78 is 7.86. The Hall–Kier alpha value is -5.10. The summed E-state index contributed by atoms with van der Waals surface area (Å²) in [6.45, 7) is 2.57. The molecule has 6 heteroatoms. The lowest BCUT2D eigenvalue weighted by Gasteiger charge is -2.15. The molecule has 1 amide bonds. The standard InChI is InChI=1S/C32H27N3O3/c1-2-38-29-19-15-27(16-20-29)35-30(23-9-5-3-6-10-23)21-26(31(35)24-11-7-4-8-12-24)22-33-34-32(37)25-13-17-28(36)18-14-25/h3-22,36H,2H2,1H3,(H,34,37)/b33-22-. The van der Waals surface area contributed by atoms with Crippen LogP contribution in [0.2, 0.25) is 0 Å². The van der Waals surface area contributed by atoms with Gasteiger partial charge in [-0.2, -0.15) is 5.10 Å². The highest BCUT2D eigenvalue weighted by Gasteiger charge is 2.19. The average Bonchev–Trinajstić information content (AvgIpc) is 3.34. The van der Waals surface area contributed by atoms with Crippen LogP contribution in [0.5, 0.6) is 11.5 Å². The van der Waals surface area contributed by atoms with Crippen molar-refractivity contribution < 1.29 is 14.6 Å². The van der Waals surface area contributed by atoms with Crippen molar-refractivity contribution in [1.29, 1.82) is 0 Å². The number of phenolic OH excluding ortho intramolecular Hbond substituents is 1. The molecular weight excluding hydrogens is 474 g/mol. The van der Waals surface area contributed by atoms with E-state index in [0.717, 1.165) is 39.5 Å². The van der Waals surface area contributed by atoms with Crippen LogP contribution in [-0.2, 0) is 0 Å². The Bertz CT molecular complexity index is 1540. The van der Waals surface area contributed by atoms with Gasteiger partial charge in [-0.05, 0) is 72.6 Å². The van der Waals surface area contributed by atoms with Crippen LogP contribution in [0.25, 0.3) is 28.2 Å². The number of ether oxygens (including phenoxy) is 1. The van der Waals surface area contributed by atoms with Crippen molar-refractivity contribution in [3.05, 3.63) is 126 Å². The van der Waals surface area contributed by atoms with Crippen LogP contribution in [0.1, 0.15) is 22.8 Å². The molecule has 0 unspecified atom stereocenters. The quantitative estimate of drug-likeness (QED) is 0.184. The molecule has 5 rings (SSSR count). The van der Waals surface area contributed by atoms with Gasteiger partial charge in [0.15, 0.2) is 0 Å². The second kappa shape index (κ2) is 11.3. The third-order valence-corrected chi connectivity index (χ3v) is 6.05. The molecule has 0 aliphatic rings. The maximum Gasteiger partial charge on any atom is 0.271 e. The number of benzene rings is 4. The number of hydrogen-bond acceptors (Lipinski definition) is 4. The van der Waals surface area contributed by atoms with E-state index in [-0.39, 0.29) is 11.7 Å². The number of nitrogens with one attached hydrogen (secondary N) is 1. The zero-order valence-corrected chi connectivity index (χ0v) is 20.9. The van der Waals surface area contributed by atoms with Crippen LogP contribution in [0.3, 0.4) is 0 Å². The van der Waals surface area contributed by atoms with E-state index in [1.54, 1.807) is 18.3 Å². The third kappa shape index (κ3) is 5.34. The molecule has 2 N–H and O–H groups in total. The summed E-state index contributed by atoms with van der Waals surface area (Å²) in [7, 11) is 0. The Balaban J connectivity index is 1.61. The molecule has 0 atom stereocenters. The lowest BCUT2D eigenvalue weighted by atomic mass is 10.1. The molecule has 0 saturated heterocycles. The van der Waals surface area contributed by atoms with E-state index in [1.807, 2.05) is 67.6 Å². The summed E-state index contributed by atoms with van der Waals surface area (Å²) in [6.07, 6.45) is 1.66. The van der Waals surface area contributed by atoms with Crippen molar-refractivity contribution in [2.75, 3.05) is 6.61 Å². The highest BCUT2D eigenvalue weighted by atomic mass is 16.5. The lowest BCUT2D eigenvalue weighted by molar-refractivity contribution is 0.0955. The van der Waals surface area contributed by atoms with Crippen LogP contribution in [0.4, 0.5) is 0 Å². The number of carbonyl (C=O) groups excluding carboxylic acids is 1. The Morgan fingerprint density at radius 1 is 0.868 bits per heavy atom. The molecular formula is C32H27N3O3. The highest BCUT2D eigenvalue weighted by Crippen LogP contribution is 2.35. The first kappa shape index (κ1) is 24.6. The Labute approximate surface area is 221 Å². The SMILES string of the molecule is CCOc1ccc(-n2c(-c3ccccc3)cc(/C=N\NC(=O)c3ccc(O)cc3)c2-c2ccccc2)cc1. The van der Waals surface area contributed by atoms with Gasteiger partial charge in [-0.1, -0.05) is 60.7 Å². The summed E-state index contributed by atoms with van der Waals surface area (Å²) in [5.74, 6) is 0.544. The molecule has 6 nitrogen and oxygen atoms in total. The van der Waals surface area contributed by atoms with Crippen LogP contribution in [0, 0.1) is 0 Å². The molecule has 0 bridgehead atoms. The number of phenols is 1. The summed E-state index contributed by atoms with van der Waals surface area (Å²) in [5, 5.41) is 13.8. The fourth-order valence-corrected chi connectivity index (χ4v) is 4.31. The van der Waals surface area contributed by atoms with Crippen molar-refractivity contribution in [2.45, 2.75) is 6.92 Å². The van der Waals surface area contributed by atoms with Crippen molar-refractivity contribution in [1.82, 2.24) is 9.99 Å². The lowest BCUT2D eigenvalue weighted by Crippen LogP contribution is -2.17. The largest absolute Gasteiger partial charge is 0.508 e. The molecule has 0 fully saturated rings. The second-order valence-electron chi connectivity index (χ2n) is 8.57. The minimum atomic E-state index is -0.364. The molecule has 1 heterocycles. The molecule has 5 aromatic rings. The van der Waals surface area contributed by atoms with Gasteiger partial charge in [-0.15, -0.1) is 0 Å². The maximum absolute atomic E-state index is 12.6. The normalized spacial score (nSPS) is 11.0. The van der Waals surface area contributed by atoms with Gasteiger partial charge in [0, 0.05) is 16.8 Å². The van der Waals surface area contributed by atoms with E-state index in [1.165, 1.54) is 12.1 Å². The Morgan fingerprint density at radius 3 is 2.13 bits per heavy atom. The van der Waals surface area contributed by atoms with E-state index in [2.05, 4.69) is 45.4 Å². The third-order valence-electron chi connectivity index (χ3n) is 6.05. The van der Waals surface area contributed by atoms with Gasteiger partial charge in [0.25, 0.3) is 5.91 Å². The predicted molar refractivity (Wildman–Crippen MR) is 151 cm³/mol. The number of aromatic hydroxyl groups is 1. The second-order valence-corrected chi connectivity index (χ2v) is 8.57. The first-order valence-electron chi connectivity index (χ1n) is 12.4. The molecule has 1 aromatic heterocycles. The van der Waals surface area contributed by atoms with Gasteiger partial charge < -0.3 is 14.4 Å². The van der Waals surface area contributed by atoms with Crippen LogP contribution in [-0.4, -0.2) is 28.4 Å². The molecule has 0 aliphatic carbocycles. The van der Waals surface area contributed by atoms with E-state index in [0.29, 0.717) is 12.2 Å². The Kier molecular flexibility index (Phi) is 7.32. The van der Waals surface area contributed by atoms with Crippen molar-refractivity contribution in [3.63, 3.8) is 0 Å². The number of hydrogen-bond donors (Lipinski definition) is 2. The summed E-state index contributed by atoms with van der Waals surface area (Å²) in [5.41, 5.74) is 8.80. The first-order chi connectivity index (χ1) is 18.6. The van der Waals surface area contributed by atoms with Crippen molar-refractivity contribution in [3.8, 4) is 39.7 Å². The van der Waals surface area contributed by atoms with Crippen LogP contribution >= 0.6 is 0 Å². The minimum Gasteiger partial charge on any atom is -0.508 e. The fraction of sp³-hybridized carbons (Fsp3) is 0.0625. The molecule has 0 radical (unpaired) electrons. The summed E-state index contributed by atoms with van der Waals surface area (Å²) >= 11 is 0. The van der Waals surface area contributed by atoms with E-state index >= 15 is 0 Å². The summed E-state index contributed by atoms with van der Waals surface area (Å²) in [4.78, 5) is 12.6. The topological polar surface area (TPSA) is 75.8 Å². The monoisotopic (exact) mass is 501 g/mol. The number of aromatic nitrogens is 1. The minimum absolute atomic E-state index is 0.0987. The van der Waals surface area contributed by atoms with Gasteiger partial charge in [0.05, 0.1) is 24.2 Å². The average molecular weight is 502 g/mol. The molecule has 0 aliphatic heterocycles. The zero-order chi connectivity index (χ0) is 26.3. The van der Waals surface area contributed by atoms with E-state index in [9.17, 15) is 9.90 Å². The number of nitrogens with zero attached hydrogens (tertiary/aromatic N) is 2. The molecule has 188 valence electrons. The zero-order valence-electron chi connectivity index (χ0n) is 20.9. The predicted octanol–water partition coefficient (Wildman–Crippen LogP) is 6.68. The number of hydrazone groups is 1. The van der Waals surface area contributed by atoms with Gasteiger partial charge in [-0.3, -0.25) is 4.79 Å². The van der Waals surface area contributed by atoms with Gasteiger partial charge >= 0.3 is 0 Å². The molecule has 0 saturated carbocycles. The molecule has 4 aromatic carbocycles. The van der Waals surface area contributed by atoms with Crippen molar-refractivity contribution in [2.24, 2.45) is 5.10 Å². The number of rotatable bonds is 8. The van der Waals surface area contributed by atoms with E-state index in [4.69, 9.17) is 4.74 Å². The highest BCUT2D eigenvalue weighted by molar-refractivity contribution is 5.97. The number of carbonyl (C=O) groups is 1.